The Labute approximate surface area is 118 Å². The summed E-state index contributed by atoms with van der Waals surface area (Å²) in [6, 6.07) is 0.727. The van der Waals surface area contributed by atoms with Gasteiger partial charge in [0.1, 0.15) is 0 Å². The second-order valence-corrected chi connectivity index (χ2v) is 7.20. The van der Waals surface area contributed by atoms with E-state index < -0.39 is 0 Å². The third kappa shape index (κ3) is 2.47. The lowest BCUT2D eigenvalue weighted by Crippen LogP contribution is -2.62. The van der Waals surface area contributed by atoms with Gasteiger partial charge in [0.2, 0.25) is 0 Å². The van der Waals surface area contributed by atoms with Crippen molar-refractivity contribution in [3.05, 3.63) is 0 Å². The summed E-state index contributed by atoms with van der Waals surface area (Å²) in [6.07, 6.45) is 14.8. The van der Waals surface area contributed by atoms with Crippen LogP contribution in [0.4, 0.5) is 0 Å². The molecule has 0 aromatic rings. The first kappa shape index (κ1) is 13.9. The third-order valence-electron chi connectivity index (χ3n) is 6.34. The van der Waals surface area contributed by atoms with Gasteiger partial charge < -0.3 is 10.1 Å². The van der Waals surface area contributed by atoms with Crippen molar-refractivity contribution >= 4 is 0 Å². The van der Waals surface area contributed by atoms with Gasteiger partial charge in [-0.2, -0.15) is 0 Å². The quantitative estimate of drug-likeness (QED) is 0.832. The summed E-state index contributed by atoms with van der Waals surface area (Å²) in [4.78, 5) is 0. The summed E-state index contributed by atoms with van der Waals surface area (Å²) < 4.78 is 6.59. The van der Waals surface area contributed by atoms with E-state index in [1.54, 1.807) is 0 Å². The van der Waals surface area contributed by atoms with Crippen molar-refractivity contribution in [1.82, 2.24) is 5.32 Å². The van der Waals surface area contributed by atoms with Crippen molar-refractivity contribution in [3.8, 4) is 0 Å². The predicted octanol–water partition coefficient (Wildman–Crippen LogP) is 3.89. The molecule has 0 aromatic heterocycles. The Morgan fingerprint density at radius 1 is 1.11 bits per heavy atom. The molecule has 0 amide bonds. The number of rotatable bonds is 4. The maximum absolute atomic E-state index is 6.59. The molecule has 3 aliphatic carbocycles. The van der Waals surface area contributed by atoms with Crippen LogP contribution >= 0.6 is 0 Å². The van der Waals surface area contributed by atoms with Gasteiger partial charge in [0, 0.05) is 11.5 Å². The maximum Gasteiger partial charge on any atom is 0.0665 e. The summed E-state index contributed by atoms with van der Waals surface area (Å²) in [5, 5.41) is 3.54. The minimum atomic E-state index is 0.508. The van der Waals surface area contributed by atoms with Gasteiger partial charge in [-0.15, -0.1) is 0 Å². The van der Waals surface area contributed by atoms with E-state index in [1.165, 1.54) is 64.2 Å². The average molecular weight is 265 g/mol. The van der Waals surface area contributed by atoms with Crippen LogP contribution in [0.3, 0.4) is 0 Å². The molecule has 0 aromatic carbocycles. The Hall–Kier alpha value is -0.0800. The largest absolute Gasteiger partial charge is 0.374 e. The predicted molar refractivity (Wildman–Crippen MR) is 79.3 cm³/mol. The average Bonchev–Trinajstić information content (AvgIpc) is 2.95. The molecule has 3 fully saturated rings. The van der Waals surface area contributed by atoms with Crippen molar-refractivity contribution in [3.63, 3.8) is 0 Å². The van der Waals surface area contributed by atoms with Crippen LogP contribution < -0.4 is 5.32 Å². The molecule has 19 heavy (non-hydrogen) atoms. The highest BCUT2D eigenvalue weighted by atomic mass is 16.5. The minimum Gasteiger partial charge on any atom is -0.374 e. The van der Waals surface area contributed by atoms with E-state index in [4.69, 9.17) is 4.74 Å². The molecule has 0 heterocycles. The molecular weight excluding hydrogens is 234 g/mol. The fourth-order valence-corrected chi connectivity index (χ4v) is 5.02. The van der Waals surface area contributed by atoms with E-state index in [1.807, 2.05) is 0 Å². The van der Waals surface area contributed by atoms with Crippen molar-refractivity contribution in [2.45, 2.75) is 89.4 Å². The summed E-state index contributed by atoms with van der Waals surface area (Å²) >= 11 is 0. The molecule has 4 unspecified atom stereocenters. The molecule has 0 aliphatic heterocycles. The normalized spacial score (nSPS) is 41.4. The molecule has 0 saturated heterocycles. The van der Waals surface area contributed by atoms with Crippen LogP contribution in [0.5, 0.6) is 0 Å². The number of ether oxygens (including phenoxy) is 1. The lowest BCUT2D eigenvalue weighted by molar-refractivity contribution is -0.168. The van der Waals surface area contributed by atoms with Gasteiger partial charge in [0.25, 0.3) is 0 Å². The van der Waals surface area contributed by atoms with Gasteiger partial charge >= 0.3 is 0 Å². The first-order valence-corrected chi connectivity index (χ1v) is 8.61. The highest BCUT2D eigenvalue weighted by Crippen LogP contribution is 2.55. The summed E-state index contributed by atoms with van der Waals surface area (Å²) in [5.74, 6) is 0.929. The van der Waals surface area contributed by atoms with Crippen LogP contribution in [-0.2, 0) is 4.74 Å². The van der Waals surface area contributed by atoms with E-state index >= 15 is 0 Å². The topological polar surface area (TPSA) is 21.3 Å². The SMILES string of the molecule is CCC1CCCC(OC2CC(NC)C23CCCC3)C1. The second kappa shape index (κ2) is 5.73. The Morgan fingerprint density at radius 2 is 1.89 bits per heavy atom. The highest BCUT2D eigenvalue weighted by molar-refractivity contribution is 5.09. The van der Waals surface area contributed by atoms with Gasteiger partial charge in [0.15, 0.2) is 0 Å². The molecule has 1 spiro atoms. The summed E-state index contributed by atoms with van der Waals surface area (Å²) in [6.45, 7) is 2.34. The summed E-state index contributed by atoms with van der Waals surface area (Å²) in [7, 11) is 2.13. The van der Waals surface area contributed by atoms with Crippen molar-refractivity contribution in [2.75, 3.05) is 7.05 Å². The Balaban J connectivity index is 1.58. The highest BCUT2D eigenvalue weighted by Gasteiger charge is 2.56. The number of hydrogen-bond donors (Lipinski definition) is 1. The molecule has 2 nitrogen and oxygen atoms in total. The molecular formula is C17H31NO. The standard InChI is InChI=1S/C17H31NO/c1-3-13-7-6-8-14(11-13)19-16-12-15(18-2)17(16)9-4-5-10-17/h13-16,18H,3-12H2,1-2H3. The van der Waals surface area contributed by atoms with Crippen LogP contribution in [0.1, 0.15) is 71.1 Å². The van der Waals surface area contributed by atoms with Crippen LogP contribution in [0.2, 0.25) is 0 Å². The zero-order chi connectivity index (χ0) is 13.3. The van der Waals surface area contributed by atoms with E-state index in [9.17, 15) is 0 Å². The lowest BCUT2D eigenvalue weighted by atomic mass is 9.60. The van der Waals surface area contributed by atoms with E-state index in [-0.39, 0.29) is 0 Å². The molecule has 1 N–H and O–H groups in total. The van der Waals surface area contributed by atoms with Gasteiger partial charge in [-0.3, -0.25) is 0 Å². The fraction of sp³-hybridized carbons (Fsp3) is 1.00. The first-order chi connectivity index (χ1) is 9.28. The summed E-state index contributed by atoms with van der Waals surface area (Å²) in [5.41, 5.74) is 0.508. The van der Waals surface area contributed by atoms with E-state index in [2.05, 4.69) is 19.3 Å². The van der Waals surface area contributed by atoms with Gasteiger partial charge in [-0.05, 0) is 45.1 Å². The van der Waals surface area contributed by atoms with Crippen LogP contribution in [-0.4, -0.2) is 25.3 Å². The van der Waals surface area contributed by atoms with Gasteiger partial charge in [0.05, 0.1) is 12.2 Å². The van der Waals surface area contributed by atoms with Gasteiger partial charge in [-0.1, -0.05) is 39.0 Å². The molecule has 3 saturated carbocycles. The lowest BCUT2D eigenvalue weighted by Gasteiger charge is -2.55. The zero-order valence-electron chi connectivity index (χ0n) is 12.8. The molecule has 4 atom stereocenters. The van der Waals surface area contributed by atoms with Crippen molar-refractivity contribution in [2.24, 2.45) is 11.3 Å². The molecule has 3 rings (SSSR count). The van der Waals surface area contributed by atoms with Crippen LogP contribution in [0.25, 0.3) is 0 Å². The Kier molecular flexibility index (Phi) is 4.19. The monoisotopic (exact) mass is 265 g/mol. The molecule has 0 radical (unpaired) electrons. The van der Waals surface area contributed by atoms with Crippen LogP contribution in [0.15, 0.2) is 0 Å². The molecule has 3 aliphatic rings. The van der Waals surface area contributed by atoms with Crippen LogP contribution in [0, 0.1) is 11.3 Å². The first-order valence-electron chi connectivity index (χ1n) is 8.61. The maximum atomic E-state index is 6.59. The molecule has 110 valence electrons. The smallest absolute Gasteiger partial charge is 0.0665 e. The van der Waals surface area contributed by atoms with Gasteiger partial charge in [-0.25, -0.2) is 0 Å². The molecule has 0 bridgehead atoms. The van der Waals surface area contributed by atoms with E-state index in [0.29, 0.717) is 17.6 Å². The van der Waals surface area contributed by atoms with E-state index in [0.717, 1.165) is 12.0 Å². The molecule has 2 heteroatoms. The fourth-order valence-electron chi connectivity index (χ4n) is 5.02. The Morgan fingerprint density at radius 3 is 2.58 bits per heavy atom. The number of nitrogens with one attached hydrogen (secondary N) is 1. The second-order valence-electron chi connectivity index (χ2n) is 7.20. The minimum absolute atomic E-state index is 0.508. The third-order valence-corrected chi connectivity index (χ3v) is 6.34. The van der Waals surface area contributed by atoms with Crippen molar-refractivity contribution < 1.29 is 4.74 Å². The number of hydrogen-bond acceptors (Lipinski definition) is 2. The Bertz CT molecular complexity index is 298. The zero-order valence-corrected chi connectivity index (χ0v) is 12.8. The van der Waals surface area contributed by atoms with Crippen molar-refractivity contribution in [1.29, 1.82) is 0 Å².